The maximum absolute atomic E-state index is 11.5. The topological polar surface area (TPSA) is 70.5 Å². The predicted octanol–water partition coefficient (Wildman–Crippen LogP) is 1.21. The molecule has 0 aromatic carbocycles. The van der Waals surface area contributed by atoms with Gasteiger partial charge in [-0.3, -0.25) is 0 Å². The lowest BCUT2D eigenvalue weighted by molar-refractivity contribution is 0.284. The first-order valence-corrected chi connectivity index (χ1v) is 9.13. The Labute approximate surface area is 118 Å². The average molecular weight is 304 g/mol. The highest BCUT2D eigenvalue weighted by molar-refractivity contribution is 7.91. The van der Waals surface area contributed by atoms with Gasteiger partial charge < -0.3 is 10.0 Å². The molecule has 2 heterocycles. The van der Waals surface area contributed by atoms with E-state index in [0.717, 1.165) is 28.5 Å². The molecule has 1 atom stereocenters. The van der Waals surface area contributed by atoms with Gasteiger partial charge in [-0.15, -0.1) is 0 Å². The zero-order valence-corrected chi connectivity index (χ0v) is 12.9. The summed E-state index contributed by atoms with van der Waals surface area (Å²) < 4.78 is 23.0. The molecule has 0 saturated carbocycles. The van der Waals surface area contributed by atoms with Gasteiger partial charge in [-0.05, 0) is 12.8 Å². The molecule has 1 N–H and O–H groups in total. The normalized spacial score (nSPS) is 21.7. The van der Waals surface area contributed by atoms with Crippen molar-refractivity contribution in [1.82, 2.24) is 4.98 Å². The van der Waals surface area contributed by atoms with Gasteiger partial charge in [-0.25, -0.2) is 13.4 Å². The van der Waals surface area contributed by atoms with Gasteiger partial charge in [-0.2, -0.15) is 0 Å². The molecule has 0 bridgehead atoms. The van der Waals surface area contributed by atoms with Gasteiger partial charge in [0.25, 0.3) is 0 Å². The van der Waals surface area contributed by atoms with E-state index in [-0.39, 0.29) is 24.2 Å². The van der Waals surface area contributed by atoms with Crippen LogP contribution in [0.5, 0.6) is 0 Å². The summed E-state index contributed by atoms with van der Waals surface area (Å²) in [6.07, 6.45) is 2.50. The van der Waals surface area contributed by atoms with Crippen LogP contribution in [0.15, 0.2) is 0 Å². The first-order chi connectivity index (χ1) is 8.96. The maximum atomic E-state index is 11.5. The number of sulfone groups is 1. The van der Waals surface area contributed by atoms with Crippen LogP contribution in [-0.4, -0.2) is 43.1 Å². The Morgan fingerprint density at radius 2 is 2.26 bits per heavy atom. The number of rotatable bonds is 5. The molecule has 1 aliphatic heterocycles. The molecule has 0 aliphatic carbocycles. The Morgan fingerprint density at radius 1 is 1.53 bits per heavy atom. The summed E-state index contributed by atoms with van der Waals surface area (Å²) in [6, 6.07) is 0.0113. The molecule has 0 amide bonds. The number of aryl methyl sites for hydroxylation is 1. The minimum absolute atomic E-state index is 0.00378. The van der Waals surface area contributed by atoms with Crippen molar-refractivity contribution in [3.8, 4) is 0 Å². The SMILES string of the molecule is CCCc1nc(N(C)C2CCS(=O)(=O)C2)sc1CO. The zero-order valence-electron chi connectivity index (χ0n) is 11.3. The van der Waals surface area contributed by atoms with Crippen LogP contribution in [0.25, 0.3) is 0 Å². The van der Waals surface area contributed by atoms with Crippen molar-refractivity contribution >= 4 is 26.3 Å². The first-order valence-electron chi connectivity index (χ1n) is 6.49. The van der Waals surface area contributed by atoms with E-state index < -0.39 is 9.84 Å². The van der Waals surface area contributed by atoms with Crippen LogP contribution in [0.1, 0.15) is 30.3 Å². The number of thiazole rings is 1. The lowest BCUT2D eigenvalue weighted by Gasteiger charge is -2.22. The molecule has 2 rings (SSSR count). The average Bonchev–Trinajstić information content (AvgIpc) is 2.92. The molecule has 1 aromatic heterocycles. The van der Waals surface area contributed by atoms with Crippen LogP contribution in [0.2, 0.25) is 0 Å². The van der Waals surface area contributed by atoms with Gasteiger partial charge in [0.05, 0.1) is 28.7 Å². The molecule has 0 radical (unpaired) electrons. The van der Waals surface area contributed by atoms with E-state index in [9.17, 15) is 13.5 Å². The number of aliphatic hydroxyl groups excluding tert-OH is 1. The second kappa shape index (κ2) is 5.76. The first kappa shape index (κ1) is 14.7. The Kier molecular flexibility index (Phi) is 4.47. The lowest BCUT2D eigenvalue weighted by Crippen LogP contribution is -2.32. The number of hydrogen-bond donors (Lipinski definition) is 1. The van der Waals surface area contributed by atoms with Crippen molar-refractivity contribution in [2.24, 2.45) is 0 Å². The lowest BCUT2D eigenvalue weighted by atomic mass is 10.2. The van der Waals surface area contributed by atoms with E-state index in [1.165, 1.54) is 11.3 Å². The highest BCUT2D eigenvalue weighted by Gasteiger charge is 2.32. The highest BCUT2D eigenvalue weighted by Crippen LogP contribution is 2.30. The summed E-state index contributed by atoms with van der Waals surface area (Å²) in [5.74, 6) is 0.475. The van der Waals surface area contributed by atoms with Crippen LogP contribution in [0.4, 0.5) is 5.13 Å². The standard InChI is InChI=1S/C12H20N2O3S2/c1-3-4-10-11(7-15)18-12(13-10)14(2)9-5-6-19(16,17)8-9/h9,15H,3-8H2,1-2H3. The number of hydrogen-bond acceptors (Lipinski definition) is 6. The second-order valence-electron chi connectivity index (χ2n) is 4.94. The third-order valence-electron chi connectivity index (χ3n) is 3.46. The molecule has 108 valence electrons. The molecule has 1 aliphatic rings. The Balaban J connectivity index is 2.17. The van der Waals surface area contributed by atoms with E-state index >= 15 is 0 Å². The van der Waals surface area contributed by atoms with Crippen LogP contribution in [-0.2, 0) is 22.9 Å². The van der Waals surface area contributed by atoms with Crippen LogP contribution < -0.4 is 4.90 Å². The molecular weight excluding hydrogens is 284 g/mol. The minimum Gasteiger partial charge on any atom is -0.391 e. The summed E-state index contributed by atoms with van der Waals surface area (Å²) in [5.41, 5.74) is 0.942. The molecule has 7 heteroatoms. The van der Waals surface area contributed by atoms with Crippen molar-refractivity contribution < 1.29 is 13.5 Å². The highest BCUT2D eigenvalue weighted by atomic mass is 32.2. The zero-order chi connectivity index (χ0) is 14.0. The van der Waals surface area contributed by atoms with Crippen molar-refractivity contribution in [1.29, 1.82) is 0 Å². The van der Waals surface area contributed by atoms with Gasteiger partial charge >= 0.3 is 0 Å². The fourth-order valence-electron chi connectivity index (χ4n) is 2.31. The Hall–Kier alpha value is -0.660. The smallest absolute Gasteiger partial charge is 0.185 e. The van der Waals surface area contributed by atoms with Gasteiger partial charge in [0, 0.05) is 13.1 Å². The summed E-state index contributed by atoms with van der Waals surface area (Å²) in [5, 5.41) is 10.2. The van der Waals surface area contributed by atoms with Crippen LogP contribution >= 0.6 is 11.3 Å². The largest absolute Gasteiger partial charge is 0.391 e. The van der Waals surface area contributed by atoms with Crippen LogP contribution in [0.3, 0.4) is 0 Å². The van der Waals surface area contributed by atoms with Crippen molar-refractivity contribution in [2.45, 2.75) is 38.8 Å². The van der Waals surface area contributed by atoms with Gasteiger partial charge in [0.1, 0.15) is 0 Å². The monoisotopic (exact) mass is 304 g/mol. The number of aliphatic hydroxyl groups is 1. The maximum Gasteiger partial charge on any atom is 0.185 e. The van der Waals surface area contributed by atoms with Crippen molar-refractivity contribution in [3.63, 3.8) is 0 Å². The molecular formula is C12H20N2O3S2. The quantitative estimate of drug-likeness (QED) is 0.885. The van der Waals surface area contributed by atoms with E-state index in [0.29, 0.717) is 6.42 Å². The predicted molar refractivity (Wildman–Crippen MR) is 77.5 cm³/mol. The minimum atomic E-state index is -2.88. The third-order valence-corrected chi connectivity index (χ3v) is 6.38. The molecule has 1 saturated heterocycles. The van der Waals surface area contributed by atoms with Gasteiger partial charge in [0.2, 0.25) is 0 Å². The van der Waals surface area contributed by atoms with E-state index in [4.69, 9.17) is 0 Å². The molecule has 1 fully saturated rings. The molecule has 5 nitrogen and oxygen atoms in total. The second-order valence-corrected chi connectivity index (χ2v) is 8.23. The fourth-order valence-corrected chi connectivity index (χ4v) is 5.09. The summed E-state index contributed by atoms with van der Waals surface area (Å²) in [7, 11) is -0.992. The van der Waals surface area contributed by atoms with E-state index in [2.05, 4.69) is 11.9 Å². The van der Waals surface area contributed by atoms with Gasteiger partial charge in [0.15, 0.2) is 15.0 Å². The molecule has 1 aromatic rings. The third kappa shape index (κ3) is 3.27. The Morgan fingerprint density at radius 3 is 2.79 bits per heavy atom. The van der Waals surface area contributed by atoms with Crippen LogP contribution in [0, 0.1) is 0 Å². The number of aromatic nitrogens is 1. The molecule has 19 heavy (non-hydrogen) atoms. The van der Waals surface area contributed by atoms with Gasteiger partial charge in [-0.1, -0.05) is 24.7 Å². The van der Waals surface area contributed by atoms with E-state index in [1.807, 2.05) is 11.9 Å². The van der Waals surface area contributed by atoms with E-state index in [1.54, 1.807) is 0 Å². The number of nitrogens with zero attached hydrogens (tertiary/aromatic N) is 2. The number of anilines is 1. The van der Waals surface area contributed by atoms with Crippen molar-refractivity contribution in [3.05, 3.63) is 10.6 Å². The summed E-state index contributed by atoms with van der Waals surface area (Å²) in [6.45, 7) is 2.08. The molecule has 0 spiro atoms. The Bertz CT molecular complexity index is 539. The summed E-state index contributed by atoms with van der Waals surface area (Å²) in [4.78, 5) is 7.40. The summed E-state index contributed by atoms with van der Waals surface area (Å²) >= 11 is 1.46. The molecule has 1 unspecified atom stereocenters. The fraction of sp³-hybridized carbons (Fsp3) is 0.750. The van der Waals surface area contributed by atoms with Crippen molar-refractivity contribution in [2.75, 3.05) is 23.5 Å².